The molecule has 1 aromatic carbocycles. The largest absolute Gasteiger partial charge is 0.477 e. The maximum absolute atomic E-state index is 13.7. The molecule has 1 saturated heterocycles. The van der Waals surface area contributed by atoms with Crippen LogP contribution in [0.25, 0.3) is 22.3 Å². The quantitative estimate of drug-likeness (QED) is 0.335. The molecule has 10 nitrogen and oxygen atoms in total. The van der Waals surface area contributed by atoms with E-state index in [2.05, 4.69) is 48.4 Å². The van der Waals surface area contributed by atoms with Gasteiger partial charge < -0.3 is 19.5 Å². The Hall–Kier alpha value is -3.63. The molecule has 2 aliphatic heterocycles. The normalized spacial score (nSPS) is 21.3. The minimum absolute atomic E-state index is 0.231. The van der Waals surface area contributed by atoms with E-state index in [1.54, 1.807) is 16.8 Å². The predicted octanol–water partition coefficient (Wildman–Crippen LogP) is 4.26. The Bertz CT molecular complexity index is 1610. The molecule has 1 amide bonds. The fraction of sp³-hybridized carbons (Fsp3) is 0.448. The van der Waals surface area contributed by atoms with Crippen LogP contribution in [0, 0.1) is 18.8 Å². The van der Waals surface area contributed by atoms with Gasteiger partial charge in [-0.15, -0.1) is 0 Å². The van der Waals surface area contributed by atoms with Crippen molar-refractivity contribution in [1.82, 2.24) is 29.6 Å². The topological polar surface area (TPSA) is 102 Å². The van der Waals surface area contributed by atoms with Gasteiger partial charge in [-0.25, -0.2) is 14.6 Å². The van der Waals surface area contributed by atoms with Crippen LogP contribution in [-0.4, -0.2) is 63.0 Å². The molecular weight excluding hydrogens is 528 g/mol. The van der Waals surface area contributed by atoms with Crippen LogP contribution >= 0.6 is 11.6 Å². The summed E-state index contributed by atoms with van der Waals surface area (Å²) in [6.07, 6.45) is 3.25. The number of aromatic nitrogens is 5. The number of benzene rings is 1. The third kappa shape index (κ3) is 4.58. The lowest BCUT2D eigenvalue weighted by molar-refractivity contribution is 0.102. The number of imidazole rings is 1. The van der Waals surface area contributed by atoms with E-state index in [1.165, 1.54) is 5.69 Å². The molecule has 2 fully saturated rings. The van der Waals surface area contributed by atoms with E-state index in [1.807, 2.05) is 14.0 Å². The number of amides is 1. The molecule has 3 aromatic heterocycles. The molecule has 3 aliphatic rings. The lowest BCUT2D eigenvalue weighted by atomic mass is 10.1. The maximum Gasteiger partial charge on any atom is 0.258 e. The van der Waals surface area contributed by atoms with Crippen LogP contribution in [0.3, 0.4) is 0 Å². The summed E-state index contributed by atoms with van der Waals surface area (Å²) in [5.74, 6) is 1.81. The molecule has 7 rings (SSSR count). The highest BCUT2D eigenvalue weighted by Crippen LogP contribution is 2.38. The number of ether oxygens (including phenoxy) is 1. The van der Waals surface area contributed by atoms with Crippen molar-refractivity contribution < 1.29 is 9.53 Å². The van der Waals surface area contributed by atoms with Crippen molar-refractivity contribution in [1.29, 1.82) is 0 Å². The molecule has 0 unspecified atom stereocenters. The van der Waals surface area contributed by atoms with Crippen LogP contribution < -0.4 is 20.3 Å². The summed E-state index contributed by atoms with van der Waals surface area (Å²) in [6, 6.07) is 9.76. The summed E-state index contributed by atoms with van der Waals surface area (Å²) in [4.78, 5) is 25.5. The van der Waals surface area contributed by atoms with Gasteiger partial charge >= 0.3 is 0 Å². The van der Waals surface area contributed by atoms with Crippen molar-refractivity contribution in [3.8, 4) is 17.1 Å². The van der Waals surface area contributed by atoms with Crippen molar-refractivity contribution in [3.63, 3.8) is 0 Å². The number of carbonyl (C=O) groups is 1. The molecule has 1 aliphatic carbocycles. The summed E-state index contributed by atoms with van der Waals surface area (Å²) in [5, 5.41) is 11.3. The fourth-order valence-electron chi connectivity index (χ4n) is 6.49. The highest BCUT2D eigenvalue weighted by Gasteiger charge is 2.29. The standard InChI is InChI=1S/C29H33ClN8O2/c1-17-26-23-12-20(13-25(30)32-23)27(39)34-29-33-22-6-5-21(37-9-7-31-8-10-37)14-24(22)38(29)15-18-3-4-19(11-18)16-40-28(26)36(2)35-17/h5-6,12-14,18-19,31H,3-4,7-11,15-16H2,1-2H3,(H,33,34,39)/t18-,19+/m1/s1. The average molecular weight is 561 g/mol. The minimum atomic E-state index is -0.285. The first-order chi connectivity index (χ1) is 19.4. The number of piperazine rings is 1. The van der Waals surface area contributed by atoms with Gasteiger partial charge in [0.1, 0.15) is 5.15 Å². The average Bonchev–Trinajstić information content (AvgIpc) is 3.62. The van der Waals surface area contributed by atoms with Gasteiger partial charge in [-0.05, 0) is 68.4 Å². The second-order valence-corrected chi connectivity index (χ2v) is 11.6. The monoisotopic (exact) mass is 560 g/mol. The molecule has 5 heterocycles. The zero-order chi connectivity index (χ0) is 27.4. The molecule has 2 N–H and O–H groups in total. The lowest BCUT2D eigenvalue weighted by Gasteiger charge is -2.29. The zero-order valence-corrected chi connectivity index (χ0v) is 23.5. The molecule has 0 spiro atoms. The number of rotatable bonds is 1. The summed E-state index contributed by atoms with van der Waals surface area (Å²) in [5.41, 5.74) is 5.59. The maximum atomic E-state index is 13.7. The Morgan fingerprint density at radius 1 is 1.07 bits per heavy atom. The highest BCUT2D eigenvalue weighted by molar-refractivity contribution is 6.30. The Kier molecular flexibility index (Phi) is 6.39. The van der Waals surface area contributed by atoms with Crippen molar-refractivity contribution >= 4 is 40.2 Å². The number of hydrogen-bond acceptors (Lipinski definition) is 7. The Balaban J connectivity index is 1.33. The summed E-state index contributed by atoms with van der Waals surface area (Å²) in [7, 11) is 1.87. The highest BCUT2D eigenvalue weighted by atomic mass is 35.5. The van der Waals surface area contributed by atoms with E-state index in [9.17, 15) is 4.79 Å². The fourth-order valence-corrected chi connectivity index (χ4v) is 6.70. The number of nitrogens with one attached hydrogen (secondary N) is 2. The van der Waals surface area contributed by atoms with Gasteiger partial charge in [-0.1, -0.05) is 11.6 Å². The van der Waals surface area contributed by atoms with Crippen molar-refractivity contribution in [2.45, 2.75) is 32.7 Å². The smallest absolute Gasteiger partial charge is 0.258 e. The number of carbonyl (C=O) groups excluding carboxylic acids is 1. The van der Waals surface area contributed by atoms with Crippen LogP contribution in [0.15, 0.2) is 30.3 Å². The van der Waals surface area contributed by atoms with E-state index in [0.29, 0.717) is 41.5 Å². The molecule has 11 heteroatoms. The Morgan fingerprint density at radius 2 is 1.90 bits per heavy atom. The molecular formula is C29H33ClN8O2. The third-order valence-corrected chi connectivity index (χ3v) is 8.66. The summed E-state index contributed by atoms with van der Waals surface area (Å²) < 4.78 is 10.3. The van der Waals surface area contributed by atoms with Crippen molar-refractivity contribution in [3.05, 3.63) is 46.7 Å². The van der Waals surface area contributed by atoms with E-state index in [4.69, 9.17) is 21.3 Å². The summed E-state index contributed by atoms with van der Waals surface area (Å²) in [6.45, 7) is 7.19. The first-order valence-corrected chi connectivity index (χ1v) is 14.4. The van der Waals surface area contributed by atoms with E-state index in [-0.39, 0.29) is 11.1 Å². The number of hydrogen-bond donors (Lipinski definition) is 2. The van der Waals surface area contributed by atoms with Crippen LogP contribution in [0.1, 0.15) is 35.3 Å². The van der Waals surface area contributed by atoms with Crippen LogP contribution in [0.5, 0.6) is 5.88 Å². The van der Waals surface area contributed by atoms with Gasteiger partial charge in [0.2, 0.25) is 11.8 Å². The van der Waals surface area contributed by atoms with E-state index in [0.717, 1.165) is 74.3 Å². The van der Waals surface area contributed by atoms with Crippen molar-refractivity contribution in [2.75, 3.05) is 43.0 Å². The molecule has 40 heavy (non-hydrogen) atoms. The van der Waals surface area contributed by atoms with Gasteiger partial charge in [0.15, 0.2) is 0 Å². The summed E-state index contributed by atoms with van der Waals surface area (Å²) >= 11 is 6.45. The van der Waals surface area contributed by atoms with Crippen LogP contribution in [0.4, 0.5) is 11.6 Å². The van der Waals surface area contributed by atoms with Crippen molar-refractivity contribution in [2.24, 2.45) is 18.9 Å². The number of nitrogens with zero attached hydrogens (tertiary/aromatic N) is 6. The van der Waals surface area contributed by atoms with Gasteiger partial charge in [0.25, 0.3) is 5.91 Å². The number of pyridine rings is 1. The predicted molar refractivity (Wildman–Crippen MR) is 155 cm³/mol. The number of anilines is 2. The number of fused-ring (bicyclic) bond motifs is 9. The van der Waals surface area contributed by atoms with E-state index < -0.39 is 0 Å². The number of aryl methyl sites for hydroxylation is 2. The lowest BCUT2D eigenvalue weighted by Crippen LogP contribution is -2.43. The second-order valence-electron chi connectivity index (χ2n) is 11.2. The molecule has 0 radical (unpaired) electrons. The van der Waals surface area contributed by atoms with Crippen LogP contribution in [0.2, 0.25) is 5.15 Å². The SMILES string of the molecule is Cc1nn(C)c2c1-c1cc(cc(Cl)n1)C(=O)Nc1nc3ccc(N4CCNCC4)cc3n1C[C@@H]1CC[C@H](CO2)C1. The van der Waals surface area contributed by atoms with E-state index >= 15 is 0 Å². The van der Waals surface area contributed by atoms with Crippen LogP contribution in [-0.2, 0) is 13.6 Å². The zero-order valence-electron chi connectivity index (χ0n) is 22.8. The Morgan fingerprint density at radius 3 is 2.75 bits per heavy atom. The van der Waals surface area contributed by atoms with Gasteiger partial charge in [0, 0.05) is 51.0 Å². The van der Waals surface area contributed by atoms with Gasteiger partial charge in [-0.2, -0.15) is 5.10 Å². The second kappa shape index (κ2) is 10.1. The molecule has 4 aromatic rings. The first-order valence-electron chi connectivity index (χ1n) is 14.0. The first kappa shape index (κ1) is 25.3. The minimum Gasteiger partial charge on any atom is -0.477 e. The van der Waals surface area contributed by atoms with Gasteiger partial charge in [0.05, 0.1) is 34.6 Å². The molecule has 1 saturated carbocycles. The molecule has 2 atom stereocenters. The third-order valence-electron chi connectivity index (χ3n) is 8.47. The molecule has 4 bridgehead atoms. The number of halogens is 1. The van der Waals surface area contributed by atoms with Gasteiger partial charge in [-0.3, -0.25) is 10.1 Å². The molecule has 208 valence electrons. The Labute approximate surface area is 237 Å².